The van der Waals surface area contributed by atoms with Crippen LogP contribution in [0.2, 0.25) is 0 Å². The number of nitrogens with zero attached hydrogens (tertiary/aromatic N) is 2. The van der Waals surface area contributed by atoms with E-state index >= 15 is 0 Å². The van der Waals surface area contributed by atoms with Crippen LogP contribution >= 0.6 is 0 Å². The molecule has 24 heavy (non-hydrogen) atoms. The molecule has 5 nitrogen and oxygen atoms in total. The van der Waals surface area contributed by atoms with Crippen LogP contribution in [-0.4, -0.2) is 66.2 Å². The summed E-state index contributed by atoms with van der Waals surface area (Å²) in [4.78, 5) is 17.0. The molecule has 2 atom stereocenters. The molecule has 0 aromatic heterocycles. The van der Waals surface area contributed by atoms with Crippen LogP contribution in [0.1, 0.15) is 31.7 Å². The molecule has 1 aromatic carbocycles. The van der Waals surface area contributed by atoms with Crippen molar-refractivity contribution in [3.63, 3.8) is 0 Å². The van der Waals surface area contributed by atoms with Crippen molar-refractivity contribution in [1.82, 2.24) is 9.80 Å². The quantitative estimate of drug-likeness (QED) is 0.892. The molecule has 2 aliphatic rings. The number of ether oxygens (including phenoxy) is 1. The van der Waals surface area contributed by atoms with Crippen molar-refractivity contribution in [1.29, 1.82) is 0 Å². The normalized spacial score (nSPS) is 24.8. The first-order valence-corrected chi connectivity index (χ1v) is 8.75. The summed E-state index contributed by atoms with van der Waals surface area (Å²) in [6.07, 6.45) is 0.920. The van der Waals surface area contributed by atoms with Crippen molar-refractivity contribution in [3.8, 4) is 5.75 Å². The van der Waals surface area contributed by atoms with E-state index in [1.54, 1.807) is 7.11 Å². The Balaban J connectivity index is 1.54. The predicted molar refractivity (Wildman–Crippen MR) is 93.2 cm³/mol. The molecule has 0 bridgehead atoms. The molecule has 132 valence electrons. The number of benzene rings is 1. The first-order chi connectivity index (χ1) is 11.4. The van der Waals surface area contributed by atoms with Gasteiger partial charge in [-0.25, -0.2) is 0 Å². The lowest BCUT2D eigenvalue weighted by Crippen LogP contribution is -2.52. The Hall–Kier alpha value is -1.59. The van der Waals surface area contributed by atoms with Crippen molar-refractivity contribution < 1.29 is 14.6 Å². The van der Waals surface area contributed by atoms with Gasteiger partial charge >= 0.3 is 0 Å². The number of carbonyl (C=O) groups excluding carboxylic acids is 1. The first kappa shape index (κ1) is 17.2. The summed E-state index contributed by atoms with van der Waals surface area (Å²) in [7, 11) is 1.68. The van der Waals surface area contributed by atoms with Gasteiger partial charge < -0.3 is 14.7 Å². The van der Waals surface area contributed by atoms with E-state index in [9.17, 15) is 9.90 Å². The number of hydrogen-bond acceptors (Lipinski definition) is 4. The molecule has 3 rings (SSSR count). The third-order valence-electron chi connectivity index (χ3n) is 4.94. The lowest BCUT2D eigenvalue weighted by atomic mass is 10.1. The van der Waals surface area contributed by atoms with Gasteiger partial charge in [0.15, 0.2) is 0 Å². The van der Waals surface area contributed by atoms with Gasteiger partial charge in [-0.15, -0.1) is 0 Å². The molecule has 0 unspecified atom stereocenters. The van der Waals surface area contributed by atoms with E-state index in [0.29, 0.717) is 12.5 Å². The highest BCUT2D eigenvalue weighted by molar-refractivity contribution is 5.83. The van der Waals surface area contributed by atoms with Gasteiger partial charge in [0.2, 0.25) is 5.91 Å². The van der Waals surface area contributed by atoms with Crippen molar-refractivity contribution in [2.45, 2.75) is 31.8 Å². The second kappa shape index (κ2) is 6.73. The van der Waals surface area contributed by atoms with Crippen molar-refractivity contribution in [2.75, 3.05) is 39.8 Å². The Morgan fingerprint density at radius 2 is 1.92 bits per heavy atom. The molecule has 1 aromatic rings. The summed E-state index contributed by atoms with van der Waals surface area (Å²) in [5.41, 5.74) is 0.469. The van der Waals surface area contributed by atoms with Crippen LogP contribution in [0.5, 0.6) is 5.75 Å². The molecule has 1 N–H and O–H groups in total. The average Bonchev–Trinajstić information content (AvgIpc) is 3.34. The molecular weight excluding hydrogens is 304 g/mol. The number of piperazine rings is 1. The van der Waals surface area contributed by atoms with Gasteiger partial charge in [-0.3, -0.25) is 9.69 Å². The molecule has 2 fully saturated rings. The minimum atomic E-state index is -0.683. The number of para-hydroxylation sites is 1. The Labute approximate surface area is 144 Å². The maximum absolute atomic E-state index is 12.8. The van der Waals surface area contributed by atoms with E-state index in [1.807, 2.05) is 36.9 Å². The fourth-order valence-corrected chi connectivity index (χ4v) is 3.69. The molecule has 1 saturated carbocycles. The van der Waals surface area contributed by atoms with E-state index in [0.717, 1.165) is 43.9 Å². The zero-order chi connectivity index (χ0) is 17.3. The van der Waals surface area contributed by atoms with E-state index in [-0.39, 0.29) is 11.8 Å². The van der Waals surface area contributed by atoms with Crippen LogP contribution in [0.25, 0.3) is 0 Å². The highest BCUT2D eigenvalue weighted by Gasteiger charge is 2.47. The third kappa shape index (κ3) is 3.90. The van der Waals surface area contributed by atoms with E-state index in [1.165, 1.54) is 0 Å². The lowest BCUT2D eigenvalue weighted by Gasteiger charge is -2.37. The molecule has 1 saturated heterocycles. The molecule has 1 aliphatic carbocycles. The summed E-state index contributed by atoms with van der Waals surface area (Å²) in [6, 6.07) is 8.00. The number of amides is 1. The molecule has 5 heteroatoms. The maximum atomic E-state index is 12.8. The van der Waals surface area contributed by atoms with Gasteiger partial charge in [-0.1, -0.05) is 18.2 Å². The standard InChI is InChI=1S/C19H28N2O3/c1-19(2,23)13-20-8-10-21(11-9-20)18(22)16-12-15(16)14-6-4-5-7-17(14)24-3/h4-7,15-16,23H,8-13H2,1-3H3/t15-,16-/m0/s1. The van der Waals surface area contributed by atoms with Crippen LogP contribution in [0.15, 0.2) is 24.3 Å². The lowest BCUT2D eigenvalue weighted by molar-refractivity contribution is -0.134. The van der Waals surface area contributed by atoms with Crippen molar-refractivity contribution in [2.24, 2.45) is 5.92 Å². The third-order valence-corrected chi connectivity index (χ3v) is 4.94. The zero-order valence-electron chi connectivity index (χ0n) is 14.9. The number of methoxy groups -OCH3 is 1. The van der Waals surface area contributed by atoms with Crippen LogP contribution in [0.3, 0.4) is 0 Å². The maximum Gasteiger partial charge on any atom is 0.226 e. The predicted octanol–water partition coefficient (Wildman–Crippen LogP) is 1.71. The van der Waals surface area contributed by atoms with Gasteiger partial charge in [0.25, 0.3) is 0 Å². The van der Waals surface area contributed by atoms with Crippen LogP contribution < -0.4 is 4.74 Å². The molecular formula is C19H28N2O3. The summed E-state index contributed by atoms with van der Waals surface area (Å²) >= 11 is 0. The number of carbonyl (C=O) groups is 1. The molecule has 1 heterocycles. The fourth-order valence-electron chi connectivity index (χ4n) is 3.69. The van der Waals surface area contributed by atoms with Gasteiger partial charge in [0, 0.05) is 38.6 Å². The van der Waals surface area contributed by atoms with E-state index in [4.69, 9.17) is 4.74 Å². The van der Waals surface area contributed by atoms with Crippen molar-refractivity contribution >= 4 is 5.91 Å². The number of aliphatic hydroxyl groups is 1. The van der Waals surface area contributed by atoms with Crippen molar-refractivity contribution in [3.05, 3.63) is 29.8 Å². The highest BCUT2D eigenvalue weighted by atomic mass is 16.5. The topological polar surface area (TPSA) is 53.0 Å². The molecule has 0 spiro atoms. The summed E-state index contributed by atoms with van der Waals surface area (Å²) < 4.78 is 5.43. The summed E-state index contributed by atoms with van der Waals surface area (Å²) in [5.74, 6) is 1.55. The summed E-state index contributed by atoms with van der Waals surface area (Å²) in [6.45, 7) is 7.49. The molecule has 0 radical (unpaired) electrons. The fraction of sp³-hybridized carbons (Fsp3) is 0.632. The number of β-amino-alcohol motifs (C(OH)–C–C–N with tert-alkyl or cyclic N) is 1. The Kier molecular flexibility index (Phi) is 4.83. The van der Waals surface area contributed by atoms with Crippen LogP contribution in [0, 0.1) is 5.92 Å². The first-order valence-electron chi connectivity index (χ1n) is 8.75. The number of rotatable bonds is 5. The molecule has 1 aliphatic heterocycles. The minimum absolute atomic E-state index is 0.0992. The van der Waals surface area contributed by atoms with E-state index in [2.05, 4.69) is 11.0 Å². The van der Waals surface area contributed by atoms with E-state index < -0.39 is 5.60 Å². The second-order valence-corrected chi connectivity index (χ2v) is 7.60. The second-order valence-electron chi connectivity index (χ2n) is 7.60. The highest BCUT2D eigenvalue weighted by Crippen LogP contribution is 2.51. The molecule has 1 amide bonds. The van der Waals surface area contributed by atoms with Crippen LogP contribution in [-0.2, 0) is 4.79 Å². The average molecular weight is 332 g/mol. The monoisotopic (exact) mass is 332 g/mol. The summed E-state index contributed by atoms with van der Waals surface area (Å²) in [5, 5.41) is 9.92. The Morgan fingerprint density at radius 1 is 1.25 bits per heavy atom. The largest absolute Gasteiger partial charge is 0.496 e. The van der Waals surface area contributed by atoms with Crippen LogP contribution in [0.4, 0.5) is 0 Å². The Morgan fingerprint density at radius 3 is 2.54 bits per heavy atom. The van der Waals surface area contributed by atoms with Gasteiger partial charge in [0.05, 0.1) is 12.7 Å². The van der Waals surface area contributed by atoms with Gasteiger partial charge in [0.1, 0.15) is 5.75 Å². The smallest absolute Gasteiger partial charge is 0.226 e. The van der Waals surface area contributed by atoms with Gasteiger partial charge in [-0.2, -0.15) is 0 Å². The van der Waals surface area contributed by atoms with Gasteiger partial charge in [-0.05, 0) is 37.8 Å². The minimum Gasteiger partial charge on any atom is -0.496 e. The SMILES string of the molecule is COc1ccccc1[C@@H]1C[C@@H]1C(=O)N1CCN(CC(C)(C)O)CC1. The Bertz CT molecular complexity index is 589. The zero-order valence-corrected chi connectivity index (χ0v) is 14.9. The number of hydrogen-bond donors (Lipinski definition) is 1.